The van der Waals surface area contributed by atoms with Crippen molar-refractivity contribution in [1.29, 1.82) is 0 Å². The first-order valence-electron chi connectivity index (χ1n) is 18.0. The van der Waals surface area contributed by atoms with Crippen LogP contribution >= 0.6 is 12.6 Å². The number of nitrogens with one attached hydrogen (secondary N) is 2. The number of hydrogen-bond acceptors (Lipinski definition) is 5. The van der Waals surface area contributed by atoms with Gasteiger partial charge in [-0.05, 0) is 78.8 Å². The van der Waals surface area contributed by atoms with Gasteiger partial charge >= 0.3 is 0 Å². The summed E-state index contributed by atoms with van der Waals surface area (Å²) < 4.78 is 0. The average molecular weight is 677 g/mol. The van der Waals surface area contributed by atoms with Crippen molar-refractivity contribution in [3.05, 3.63) is 71.4 Å². The van der Waals surface area contributed by atoms with Gasteiger partial charge in [-0.3, -0.25) is 9.59 Å². The van der Waals surface area contributed by atoms with Crippen molar-refractivity contribution >= 4 is 35.5 Å². The minimum absolute atomic E-state index is 0.00201. The third-order valence-corrected chi connectivity index (χ3v) is 12.0. The van der Waals surface area contributed by atoms with Crippen LogP contribution in [0.3, 0.4) is 0 Å². The molecule has 2 aliphatic heterocycles. The highest BCUT2D eigenvalue weighted by Gasteiger charge is 2.56. The molecule has 4 aromatic rings. The van der Waals surface area contributed by atoms with Crippen molar-refractivity contribution in [3.63, 3.8) is 0 Å². The summed E-state index contributed by atoms with van der Waals surface area (Å²) in [5, 5.41) is -0.174. The Morgan fingerprint density at radius 1 is 0.898 bits per heavy atom. The van der Waals surface area contributed by atoms with Crippen LogP contribution in [-0.4, -0.2) is 60.7 Å². The molecule has 256 valence electrons. The van der Waals surface area contributed by atoms with Crippen LogP contribution in [0.25, 0.3) is 22.3 Å². The molecule has 7 unspecified atom stereocenters. The van der Waals surface area contributed by atoms with Crippen LogP contribution in [0.1, 0.15) is 94.9 Å². The maximum absolute atomic E-state index is 13.3. The van der Waals surface area contributed by atoms with Crippen LogP contribution in [0.15, 0.2) is 48.7 Å². The normalized spacial score (nSPS) is 23.4. The number of thiol groups is 1. The maximum atomic E-state index is 13.3. The molecule has 2 aromatic carbocycles. The molecule has 1 saturated carbocycles. The van der Waals surface area contributed by atoms with E-state index < -0.39 is 0 Å². The molecule has 8 nitrogen and oxygen atoms in total. The maximum Gasteiger partial charge on any atom is 0.226 e. The monoisotopic (exact) mass is 676 g/mol. The molecular weight excluding hydrogens is 629 g/mol. The minimum Gasteiger partial charge on any atom is -0.341 e. The molecule has 49 heavy (non-hydrogen) atoms. The van der Waals surface area contributed by atoms with Gasteiger partial charge in [0.1, 0.15) is 11.6 Å². The minimum atomic E-state index is -0.174. The number of benzene rings is 2. The number of aromatic amines is 2. The quantitative estimate of drug-likeness (QED) is 0.134. The molecule has 0 radical (unpaired) electrons. The molecule has 2 aromatic heterocycles. The number of imidazole rings is 2. The highest BCUT2D eigenvalue weighted by Crippen LogP contribution is 2.56. The smallest absolute Gasteiger partial charge is 0.226 e. The Labute approximate surface area is 295 Å². The van der Waals surface area contributed by atoms with E-state index >= 15 is 0 Å². The second-order valence-electron chi connectivity index (χ2n) is 15.2. The molecule has 1 aliphatic carbocycles. The van der Waals surface area contributed by atoms with Gasteiger partial charge in [-0.2, -0.15) is 12.6 Å². The highest BCUT2D eigenvalue weighted by molar-refractivity contribution is 7.80. The predicted octanol–water partition coefficient (Wildman–Crippen LogP) is 7.42. The van der Waals surface area contributed by atoms with Gasteiger partial charge < -0.3 is 19.8 Å². The number of carbonyl (C=O) groups is 2. The third kappa shape index (κ3) is 6.52. The molecule has 7 rings (SSSR count). The molecule has 7 atom stereocenters. The first kappa shape index (κ1) is 33.5. The van der Waals surface area contributed by atoms with Crippen LogP contribution in [0.4, 0.5) is 0 Å². The van der Waals surface area contributed by atoms with E-state index in [2.05, 4.69) is 77.6 Å². The van der Waals surface area contributed by atoms with Gasteiger partial charge in [0.2, 0.25) is 11.8 Å². The molecule has 0 bridgehead atoms. The summed E-state index contributed by atoms with van der Waals surface area (Å²) in [6, 6.07) is 14.3. The van der Waals surface area contributed by atoms with E-state index in [1.165, 1.54) is 6.42 Å². The van der Waals surface area contributed by atoms with E-state index in [0.29, 0.717) is 23.7 Å². The summed E-state index contributed by atoms with van der Waals surface area (Å²) in [4.78, 5) is 47.2. The zero-order valence-corrected chi connectivity index (χ0v) is 30.3. The molecule has 2 N–H and O–H groups in total. The third-order valence-electron chi connectivity index (χ3n) is 11.4. The van der Waals surface area contributed by atoms with Crippen molar-refractivity contribution in [2.24, 2.45) is 35.5 Å². The summed E-state index contributed by atoms with van der Waals surface area (Å²) in [6.07, 6.45) is 4.94. The van der Waals surface area contributed by atoms with Crippen molar-refractivity contribution < 1.29 is 9.59 Å². The first-order chi connectivity index (χ1) is 23.5. The Morgan fingerprint density at radius 2 is 1.57 bits per heavy atom. The fraction of sp³-hybridized carbons (Fsp3) is 0.500. The van der Waals surface area contributed by atoms with Gasteiger partial charge in [0.05, 0.1) is 40.3 Å². The number of rotatable bonds is 8. The largest absolute Gasteiger partial charge is 0.341 e. The fourth-order valence-corrected chi connectivity index (χ4v) is 7.91. The zero-order valence-electron chi connectivity index (χ0n) is 29.4. The highest BCUT2D eigenvalue weighted by atomic mass is 32.1. The second-order valence-corrected chi connectivity index (χ2v) is 15.8. The topological polar surface area (TPSA) is 98.0 Å². The summed E-state index contributed by atoms with van der Waals surface area (Å²) in [5.41, 5.74) is 5.60. The molecule has 9 heteroatoms. The summed E-state index contributed by atoms with van der Waals surface area (Å²) in [5.74, 6) is 10.5. The summed E-state index contributed by atoms with van der Waals surface area (Å²) in [6.45, 7) is 14.1. The molecule has 3 aliphatic rings. The first-order valence-corrected chi connectivity index (χ1v) is 18.5. The van der Waals surface area contributed by atoms with Gasteiger partial charge in [0, 0.05) is 36.1 Å². The lowest BCUT2D eigenvalue weighted by molar-refractivity contribution is -0.138. The Balaban J connectivity index is 1.02. The SMILES string of the molecule is CC(C)C(C)C(=O)N1CCCC1C(S)c1ncc(-c2ccc(C#Cc3ccc4nc(C5C6CC6CN5C(=O)C(C)C(C)C)[nH]c4c3)cc2)[nH]1. The molecule has 3 fully saturated rings. The number of aromatic nitrogens is 4. The van der Waals surface area contributed by atoms with E-state index in [0.717, 1.165) is 71.0 Å². The van der Waals surface area contributed by atoms with E-state index in [9.17, 15) is 9.59 Å². The predicted molar refractivity (Wildman–Crippen MR) is 197 cm³/mol. The van der Waals surface area contributed by atoms with E-state index in [1.807, 2.05) is 49.2 Å². The van der Waals surface area contributed by atoms with Gasteiger partial charge in [0.25, 0.3) is 0 Å². The van der Waals surface area contributed by atoms with Gasteiger partial charge in [-0.25, -0.2) is 9.97 Å². The van der Waals surface area contributed by atoms with Crippen LogP contribution in [-0.2, 0) is 9.59 Å². The zero-order chi connectivity index (χ0) is 34.6. The lowest BCUT2D eigenvalue weighted by atomic mass is 9.96. The number of amides is 2. The standard InChI is InChI=1S/C40H48N6O2S/c1-22(2)24(5)39(47)45-17-7-8-34(45)36(49)38-41-20-33(44-38)28-14-11-26(12-15-28)9-10-27-13-16-31-32(18-27)43-37(42-31)35-30-19-29(30)21-46(35)40(48)25(6)23(3)4/h11-16,18,20,22-25,29-30,34-36,49H,7-8,17,19,21H2,1-6H3,(H,41,44)(H,42,43). The number of carbonyl (C=O) groups excluding carboxylic acids is 2. The Kier molecular flexibility index (Phi) is 9.12. The summed E-state index contributed by atoms with van der Waals surface area (Å²) >= 11 is 4.94. The number of piperidine rings is 1. The van der Waals surface area contributed by atoms with Crippen molar-refractivity contribution in [3.8, 4) is 23.1 Å². The van der Waals surface area contributed by atoms with E-state index in [1.54, 1.807) is 0 Å². The van der Waals surface area contributed by atoms with E-state index in [4.69, 9.17) is 17.6 Å². The average Bonchev–Trinajstić information content (AvgIpc) is 3.61. The number of H-pyrrole nitrogens is 2. The number of likely N-dealkylation sites (tertiary alicyclic amines) is 2. The Morgan fingerprint density at radius 3 is 2.29 bits per heavy atom. The fourth-order valence-electron chi connectivity index (χ4n) is 7.47. The molecule has 2 amide bonds. The Hall–Kier alpha value is -4.03. The van der Waals surface area contributed by atoms with Crippen molar-refractivity contribution in [2.45, 2.75) is 78.1 Å². The number of nitrogens with zero attached hydrogens (tertiary/aromatic N) is 4. The van der Waals surface area contributed by atoms with Crippen molar-refractivity contribution in [2.75, 3.05) is 13.1 Å². The molecule has 4 heterocycles. The Bertz CT molecular complexity index is 1920. The van der Waals surface area contributed by atoms with E-state index in [-0.39, 0.29) is 41.0 Å². The lowest BCUT2D eigenvalue weighted by Gasteiger charge is -2.31. The van der Waals surface area contributed by atoms with Crippen LogP contribution in [0.5, 0.6) is 0 Å². The lowest BCUT2D eigenvalue weighted by Crippen LogP contribution is -2.42. The number of hydrogen-bond donors (Lipinski definition) is 3. The molecule has 2 saturated heterocycles. The summed E-state index contributed by atoms with van der Waals surface area (Å²) in [7, 11) is 0. The van der Waals surface area contributed by atoms with Crippen LogP contribution in [0, 0.1) is 47.3 Å². The van der Waals surface area contributed by atoms with Crippen molar-refractivity contribution in [1.82, 2.24) is 29.7 Å². The second kappa shape index (κ2) is 13.4. The van der Waals surface area contributed by atoms with Gasteiger partial charge in [-0.15, -0.1) is 0 Å². The molecular formula is C40H48N6O2S. The molecule has 0 spiro atoms. The van der Waals surface area contributed by atoms with Gasteiger partial charge in [-0.1, -0.05) is 65.5 Å². The van der Waals surface area contributed by atoms with Crippen LogP contribution in [0.2, 0.25) is 0 Å². The van der Waals surface area contributed by atoms with Crippen LogP contribution < -0.4 is 0 Å². The van der Waals surface area contributed by atoms with Gasteiger partial charge in [0.15, 0.2) is 0 Å². The number of fused-ring (bicyclic) bond motifs is 2.